The molecular weight excluding hydrogens is 474 g/mol. The first-order valence-corrected chi connectivity index (χ1v) is 13.9. The number of nitrogens with zero attached hydrogens (tertiary/aromatic N) is 2. The van der Waals surface area contributed by atoms with Gasteiger partial charge in [-0.2, -0.15) is 0 Å². The molecule has 0 unspecified atom stereocenters. The lowest BCUT2D eigenvalue weighted by atomic mass is 9.97. The number of thiophene rings is 1. The van der Waals surface area contributed by atoms with E-state index in [1.807, 2.05) is 54.6 Å². The molecular formula is C28H29N3O2S2. The topological polar surface area (TPSA) is 64.0 Å². The number of hydrogen-bond acceptors (Lipinski definition) is 5. The van der Waals surface area contributed by atoms with E-state index in [4.69, 9.17) is 4.98 Å². The van der Waals surface area contributed by atoms with Crippen molar-refractivity contribution in [2.24, 2.45) is 0 Å². The molecule has 1 amide bonds. The molecule has 2 aromatic heterocycles. The predicted molar refractivity (Wildman–Crippen MR) is 146 cm³/mol. The van der Waals surface area contributed by atoms with Gasteiger partial charge in [0.25, 0.3) is 5.56 Å². The number of benzene rings is 2. The Morgan fingerprint density at radius 1 is 1.09 bits per heavy atom. The van der Waals surface area contributed by atoms with Crippen LogP contribution < -0.4 is 10.9 Å². The molecule has 0 radical (unpaired) electrons. The van der Waals surface area contributed by atoms with Crippen molar-refractivity contribution in [2.75, 3.05) is 11.1 Å². The van der Waals surface area contributed by atoms with Gasteiger partial charge in [0, 0.05) is 10.6 Å². The average Bonchev–Trinajstić information content (AvgIpc) is 3.24. The van der Waals surface area contributed by atoms with Gasteiger partial charge in [0.05, 0.1) is 17.7 Å². The summed E-state index contributed by atoms with van der Waals surface area (Å²) in [5.74, 6) is 0.517. The second kappa shape index (κ2) is 10.4. The highest BCUT2D eigenvalue weighted by Gasteiger charge is 2.22. The molecule has 2 aromatic carbocycles. The van der Waals surface area contributed by atoms with Crippen LogP contribution in [0.25, 0.3) is 10.2 Å². The molecule has 0 fully saturated rings. The summed E-state index contributed by atoms with van der Waals surface area (Å²) in [6.07, 6.45) is 4.25. The Kier molecular flexibility index (Phi) is 7.07. The smallest absolute Gasteiger partial charge is 0.263 e. The Hall–Kier alpha value is -2.90. The Bertz CT molecular complexity index is 1410. The molecule has 0 bridgehead atoms. The maximum Gasteiger partial charge on any atom is 0.263 e. The fourth-order valence-corrected chi connectivity index (χ4v) is 6.62. The number of aromatic nitrogens is 2. The first-order chi connectivity index (χ1) is 17.0. The average molecular weight is 504 g/mol. The van der Waals surface area contributed by atoms with E-state index < -0.39 is 0 Å². The Morgan fingerprint density at radius 2 is 1.83 bits per heavy atom. The van der Waals surface area contributed by atoms with Gasteiger partial charge in [0.2, 0.25) is 5.91 Å². The summed E-state index contributed by atoms with van der Waals surface area (Å²) in [5, 5.41) is 4.34. The number of thioether (sulfide) groups is 1. The van der Waals surface area contributed by atoms with Gasteiger partial charge in [0.15, 0.2) is 5.16 Å². The van der Waals surface area contributed by atoms with Crippen molar-refractivity contribution >= 4 is 44.9 Å². The van der Waals surface area contributed by atoms with Crippen molar-refractivity contribution in [3.8, 4) is 0 Å². The molecule has 0 saturated heterocycles. The van der Waals surface area contributed by atoms with Crippen molar-refractivity contribution in [2.45, 2.75) is 57.1 Å². The van der Waals surface area contributed by atoms with Gasteiger partial charge in [-0.15, -0.1) is 11.3 Å². The van der Waals surface area contributed by atoms with E-state index in [1.54, 1.807) is 15.9 Å². The van der Waals surface area contributed by atoms with Gasteiger partial charge in [-0.25, -0.2) is 4.98 Å². The number of anilines is 1. The quantitative estimate of drug-likeness (QED) is 0.240. The lowest BCUT2D eigenvalue weighted by Crippen LogP contribution is -2.25. The number of amides is 1. The van der Waals surface area contributed by atoms with Crippen LogP contribution in [-0.2, 0) is 24.2 Å². The van der Waals surface area contributed by atoms with Gasteiger partial charge in [-0.1, -0.05) is 68.1 Å². The molecule has 0 spiro atoms. The minimum absolute atomic E-state index is 0.00503. The molecule has 35 heavy (non-hydrogen) atoms. The highest BCUT2D eigenvalue weighted by atomic mass is 32.2. The summed E-state index contributed by atoms with van der Waals surface area (Å²) in [6, 6.07) is 17.9. The Balaban J connectivity index is 1.42. The number of carbonyl (C=O) groups is 1. The second-order valence-corrected chi connectivity index (χ2v) is 11.3. The van der Waals surface area contributed by atoms with E-state index in [0.717, 1.165) is 47.2 Å². The fraction of sp³-hybridized carbons (Fsp3) is 0.321. The van der Waals surface area contributed by atoms with Crippen LogP contribution in [0, 0.1) is 0 Å². The lowest BCUT2D eigenvalue weighted by molar-refractivity contribution is -0.113. The zero-order chi connectivity index (χ0) is 24.4. The van der Waals surface area contributed by atoms with Crippen LogP contribution in [0.2, 0.25) is 0 Å². The van der Waals surface area contributed by atoms with Crippen molar-refractivity contribution < 1.29 is 4.79 Å². The van der Waals surface area contributed by atoms with Gasteiger partial charge < -0.3 is 5.32 Å². The van der Waals surface area contributed by atoms with Gasteiger partial charge >= 0.3 is 0 Å². The maximum atomic E-state index is 13.7. The number of rotatable bonds is 7. The maximum absolute atomic E-state index is 13.7. The fourth-order valence-electron chi connectivity index (χ4n) is 4.51. The zero-order valence-electron chi connectivity index (χ0n) is 20.0. The van der Waals surface area contributed by atoms with Crippen LogP contribution >= 0.6 is 23.1 Å². The zero-order valence-corrected chi connectivity index (χ0v) is 21.7. The normalized spacial score (nSPS) is 13.2. The van der Waals surface area contributed by atoms with Crippen LogP contribution in [-0.4, -0.2) is 21.2 Å². The third-order valence-corrected chi connectivity index (χ3v) is 8.58. The third-order valence-electron chi connectivity index (χ3n) is 6.42. The molecule has 180 valence electrons. The third kappa shape index (κ3) is 5.21. The standard InChI is InChI=1S/C28H29N3O2S2/c1-18(2)20-12-14-21(15-13-20)29-24(32)17-34-28-30-26-25(22-10-6-7-11-23(22)35-26)27(33)31(28)16-19-8-4-3-5-9-19/h3-5,8-9,12-15,18H,6-7,10-11,16-17H2,1-2H3,(H,29,32). The van der Waals surface area contributed by atoms with Crippen LogP contribution in [0.15, 0.2) is 64.5 Å². The van der Waals surface area contributed by atoms with Crippen molar-refractivity contribution in [1.82, 2.24) is 9.55 Å². The van der Waals surface area contributed by atoms with E-state index >= 15 is 0 Å². The van der Waals surface area contributed by atoms with Crippen LogP contribution in [0.1, 0.15) is 54.2 Å². The van der Waals surface area contributed by atoms with E-state index in [1.165, 1.54) is 27.8 Å². The number of carbonyl (C=O) groups excluding carboxylic acids is 1. The summed E-state index contributed by atoms with van der Waals surface area (Å²) in [4.78, 5) is 33.5. The Labute approximate surface area is 213 Å². The van der Waals surface area contributed by atoms with Crippen molar-refractivity contribution in [3.05, 3.63) is 86.5 Å². The molecule has 0 saturated carbocycles. The summed E-state index contributed by atoms with van der Waals surface area (Å²) in [6.45, 7) is 4.73. The molecule has 1 aliphatic carbocycles. The largest absolute Gasteiger partial charge is 0.325 e. The van der Waals surface area contributed by atoms with Crippen LogP contribution in [0.4, 0.5) is 5.69 Å². The van der Waals surface area contributed by atoms with E-state index in [2.05, 4.69) is 19.2 Å². The molecule has 0 aliphatic heterocycles. The molecule has 5 rings (SSSR count). The predicted octanol–water partition coefficient (Wildman–Crippen LogP) is 6.24. The summed E-state index contributed by atoms with van der Waals surface area (Å²) in [5.41, 5.74) is 4.24. The van der Waals surface area contributed by atoms with E-state index in [9.17, 15) is 9.59 Å². The number of hydrogen-bond donors (Lipinski definition) is 1. The summed E-state index contributed by atoms with van der Waals surface area (Å²) >= 11 is 2.97. The minimum atomic E-state index is -0.113. The lowest BCUT2D eigenvalue weighted by Gasteiger charge is -2.14. The highest BCUT2D eigenvalue weighted by molar-refractivity contribution is 7.99. The minimum Gasteiger partial charge on any atom is -0.325 e. The van der Waals surface area contributed by atoms with Crippen LogP contribution in [0.5, 0.6) is 0 Å². The van der Waals surface area contributed by atoms with Gasteiger partial charge in [-0.3, -0.25) is 14.2 Å². The van der Waals surface area contributed by atoms with Gasteiger partial charge in [0.1, 0.15) is 4.83 Å². The van der Waals surface area contributed by atoms with Crippen LogP contribution in [0.3, 0.4) is 0 Å². The molecule has 7 heteroatoms. The summed E-state index contributed by atoms with van der Waals surface area (Å²) < 4.78 is 1.74. The Morgan fingerprint density at radius 3 is 2.57 bits per heavy atom. The molecule has 4 aromatic rings. The SMILES string of the molecule is CC(C)c1ccc(NC(=O)CSc2nc3sc4c(c3c(=O)n2Cc2ccccc2)CCCC4)cc1. The van der Waals surface area contributed by atoms with Crippen molar-refractivity contribution in [1.29, 1.82) is 0 Å². The molecule has 2 heterocycles. The molecule has 1 aliphatic rings. The van der Waals surface area contributed by atoms with Gasteiger partial charge in [-0.05, 0) is 60.4 Å². The monoisotopic (exact) mass is 503 g/mol. The molecule has 0 atom stereocenters. The molecule has 1 N–H and O–H groups in total. The number of nitrogens with one attached hydrogen (secondary N) is 1. The highest BCUT2D eigenvalue weighted by Crippen LogP contribution is 2.35. The second-order valence-electron chi connectivity index (χ2n) is 9.28. The first kappa shape index (κ1) is 23.8. The van der Waals surface area contributed by atoms with E-state index in [0.29, 0.717) is 17.6 Å². The van der Waals surface area contributed by atoms with Crippen molar-refractivity contribution in [3.63, 3.8) is 0 Å². The van der Waals surface area contributed by atoms with E-state index in [-0.39, 0.29) is 17.2 Å². The molecule has 5 nitrogen and oxygen atoms in total. The summed E-state index contributed by atoms with van der Waals surface area (Å²) in [7, 11) is 0. The number of aryl methyl sites for hydroxylation is 2. The number of fused-ring (bicyclic) bond motifs is 3. The first-order valence-electron chi connectivity index (χ1n) is 12.1.